The van der Waals surface area contributed by atoms with E-state index in [1.165, 1.54) is 100 Å². The molecule has 0 atom stereocenters. The van der Waals surface area contributed by atoms with Crippen LogP contribution in [-0.2, 0) is 21.7 Å². The Balaban J connectivity index is 1.24. The molecule has 11 rings (SSSR count). The summed E-state index contributed by atoms with van der Waals surface area (Å²) >= 11 is 0. The molecule has 8 aromatic carbocycles. The molecule has 0 aromatic heterocycles. The van der Waals surface area contributed by atoms with Crippen LogP contribution >= 0.6 is 0 Å². The van der Waals surface area contributed by atoms with Gasteiger partial charge in [0.05, 0.1) is 16.8 Å². The summed E-state index contributed by atoms with van der Waals surface area (Å²) in [6.45, 7) is 18.7. The van der Waals surface area contributed by atoms with Crippen molar-refractivity contribution in [1.82, 2.24) is 0 Å². The highest BCUT2D eigenvalue weighted by Gasteiger charge is 2.52. The number of fused-ring (bicyclic) bond motifs is 13. The monoisotopic (exact) mass is 787 g/mol. The lowest BCUT2D eigenvalue weighted by atomic mass is 9.70. The number of anilines is 3. The minimum absolute atomic E-state index is 0.0592. The molecule has 0 saturated heterocycles. The number of hydrogen-bond acceptors (Lipinski definition) is 1. The van der Waals surface area contributed by atoms with Gasteiger partial charge >= 0.3 is 0 Å². The summed E-state index contributed by atoms with van der Waals surface area (Å²) in [7, 11) is 0. The van der Waals surface area contributed by atoms with Crippen molar-refractivity contribution in [3.05, 3.63) is 220 Å². The van der Waals surface area contributed by atoms with Gasteiger partial charge in [-0.05, 0) is 113 Å². The first kappa shape index (κ1) is 37.6. The Morgan fingerprint density at radius 3 is 1.44 bits per heavy atom. The number of benzene rings is 8. The zero-order valence-electron chi connectivity index (χ0n) is 36.7. The SMILES string of the molecule is CC(C)(C)c1ccc(-c2ccc(C(C)(C)C)cc2N(c2ccc3c(c2)C(C)(C)c2ccccc2-3)c2cccc3c2-c2ccccc2C32c3ccccc3-c3ccccc32)cc1. The molecule has 0 saturated carbocycles. The normalized spacial score (nSPS) is 14.8. The van der Waals surface area contributed by atoms with E-state index < -0.39 is 5.41 Å². The van der Waals surface area contributed by atoms with Gasteiger partial charge in [0.2, 0.25) is 0 Å². The van der Waals surface area contributed by atoms with E-state index in [0.29, 0.717) is 0 Å². The molecule has 1 spiro atoms. The molecule has 0 heterocycles. The summed E-state index contributed by atoms with van der Waals surface area (Å²) in [6.07, 6.45) is 0. The fraction of sp³-hybridized carbons (Fsp3) is 0.200. The van der Waals surface area contributed by atoms with Gasteiger partial charge in [-0.1, -0.05) is 207 Å². The van der Waals surface area contributed by atoms with Crippen molar-refractivity contribution < 1.29 is 0 Å². The Kier molecular flexibility index (Phi) is 8.02. The van der Waals surface area contributed by atoms with Gasteiger partial charge in [0.15, 0.2) is 0 Å². The van der Waals surface area contributed by atoms with Crippen LogP contribution in [0.5, 0.6) is 0 Å². The molecular formula is C60H53N. The van der Waals surface area contributed by atoms with Gasteiger partial charge in [-0.3, -0.25) is 0 Å². The van der Waals surface area contributed by atoms with E-state index in [4.69, 9.17) is 0 Å². The van der Waals surface area contributed by atoms with Gasteiger partial charge in [0.25, 0.3) is 0 Å². The van der Waals surface area contributed by atoms with Gasteiger partial charge in [0, 0.05) is 22.2 Å². The van der Waals surface area contributed by atoms with E-state index in [9.17, 15) is 0 Å². The molecule has 0 amide bonds. The third kappa shape index (κ3) is 5.32. The second-order valence-corrected chi connectivity index (χ2v) is 20.1. The second-order valence-electron chi connectivity index (χ2n) is 20.1. The smallest absolute Gasteiger partial charge is 0.0726 e. The molecule has 8 aromatic rings. The van der Waals surface area contributed by atoms with Crippen molar-refractivity contribution in [2.45, 2.75) is 77.0 Å². The van der Waals surface area contributed by atoms with E-state index in [1.807, 2.05) is 0 Å². The van der Waals surface area contributed by atoms with E-state index in [2.05, 4.69) is 236 Å². The Morgan fingerprint density at radius 1 is 0.361 bits per heavy atom. The van der Waals surface area contributed by atoms with E-state index in [1.54, 1.807) is 0 Å². The lowest BCUT2D eigenvalue weighted by Gasteiger charge is -2.34. The highest BCUT2D eigenvalue weighted by atomic mass is 15.1. The van der Waals surface area contributed by atoms with Crippen molar-refractivity contribution in [1.29, 1.82) is 0 Å². The Bertz CT molecular complexity index is 3030. The topological polar surface area (TPSA) is 3.24 Å². The summed E-state index contributed by atoms with van der Waals surface area (Å²) < 4.78 is 0. The average molecular weight is 788 g/mol. The standard InChI is InChI=1S/C60H53N/c1-57(2,3)39-30-28-38(29-31-39)42-34-32-40(58(4,5)6)36-55(42)61(41-33-35-46-43-18-9-13-22-48(43)59(7,8)53(46)37-41)54-27-17-26-52-56(54)47-21-12-16-25-51(47)60(52)49-23-14-10-19-44(49)45-20-11-15-24-50(45)60/h9-37H,1-8H3. The molecule has 0 fully saturated rings. The van der Waals surface area contributed by atoms with Crippen LogP contribution < -0.4 is 4.90 Å². The highest BCUT2D eigenvalue weighted by molar-refractivity contribution is 6.02. The molecule has 298 valence electrons. The van der Waals surface area contributed by atoms with Crippen molar-refractivity contribution in [2.75, 3.05) is 4.90 Å². The summed E-state index contributed by atoms with van der Waals surface area (Å²) in [5.41, 5.74) is 24.1. The third-order valence-corrected chi connectivity index (χ3v) is 14.2. The van der Waals surface area contributed by atoms with Crippen LogP contribution in [0.2, 0.25) is 0 Å². The van der Waals surface area contributed by atoms with Crippen LogP contribution in [-0.4, -0.2) is 0 Å². The summed E-state index contributed by atoms with van der Waals surface area (Å²) in [5.74, 6) is 0. The first-order valence-corrected chi connectivity index (χ1v) is 22.0. The predicted molar refractivity (Wildman–Crippen MR) is 258 cm³/mol. The minimum atomic E-state index is -0.443. The fourth-order valence-electron chi connectivity index (χ4n) is 11.1. The molecule has 0 unspecified atom stereocenters. The first-order valence-electron chi connectivity index (χ1n) is 22.0. The largest absolute Gasteiger partial charge is 0.309 e. The Morgan fingerprint density at radius 2 is 0.836 bits per heavy atom. The predicted octanol–water partition coefficient (Wildman–Crippen LogP) is 16.1. The van der Waals surface area contributed by atoms with Gasteiger partial charge in [-0.15, -0.1) is 0 Å². The van der Waals surface area contributed by atoms with Crippen LogP contribution in [0, 0.1) is 0 Å². The van der Waals surface area contributed by atoms with Gasteiger partial charge in [-0.25, -0.2) is 0 Å². The van der Waals surface area contributed by atoms with Crippen molar-refractivity contribution in [3.8, 4) is 44.5 Å². The van der Waals surface area contributed by atoms with Gasteiger partial charge in [-0.2, -0.15) is 0 Å². The molecule has 0 N–H and O–H groups in total. The lowest BCUT2D eigenvalue weighted by Crippen LogP contribution is -2.26. The first-order chi connectivity index (χ1) is 29.3. The Hall–Kier alpha value is -6.44. The van der Waals surface area contributed by atoms with Crippen LogP contribution in [0.25, 0.3) is 44.5 Å². The van der Waals surface area contributed by atoms with E-state index in [-0.39, 0.29) is 16.2 Å². The molecular weight excluding hydrogens is 735 g/mol. The highest BCUT2D eigenvalue weighted by Crippen LogP contribution is 2.65. The zero-order chi connectivity index (χ0) is 42.1. The number of rotatable bonds is 4. The molecule has 61 heavy (non-hydrogen) atoms. The average Bonchev–Trinajstić information content (AvgIpc) is 3.82. The molecule has 1 heteroatoms. The molecule has 0 radical (unpaired) electrons. The molecule has 1 nitrogen and oxygen atoms in total. The summed E-state index contributed by atoms with van der Waals surface area (Å²) in [4.78, 5) is 2.61. The van der Waals surface area contributed by atoms with Gasteiger partial charge in [0.1, 0.15) is 0 Å². The molecule has 3 aliphatic carbocycles. The van der Waals surface area contributed by atoms with Crippen LogP contribution in [0.1, 0.15) is 99.9 Å². The maximum Gasteiger partial charge on any atom is 0.0726 e. The van der Waals surface area contributed by atoms with E-state index >= 15 is 0 Å². The van der Waals surface area contributed by atoms with Crippen molar-refractivity contribution in [2.24, 2.45) is 0 Å². The maximum absolute atomic E-state index is 2.61. The summed E-state index contributed by atoms with van der Waals surface area (Å²) in [5, 5.41) is 0. The minimum Gasteiger partial charge on any atom is -0.309 e. The lowest BCUT2D eigenvalue weighted by molar-refractivity contribution is 0.590. The molecule has 0 aliphatic heterocycles. The Labute approximate surface area is 362 Å². The fourth-order valence-corrected chi connectivity index (χ4v) is 11.1. The van der Waals surface area contributed by atoms with Gasteiger partial charge < -0.3 is 4.90 Å². The summed E-state index contributed by atoms with van der Waals surface area (Å²) in [6, 6.07) is 67.3. The number of nitrogens with zero attached hydrogens (tertiary/aromatic N) is 1. The van der Waals surface area contributed by atoms with Crippen LogP contribution in [0.15, 0.2) is 176 Å². The quantitative estimate of drug-likeness (QED) is 0.172. The molecule has 0 bridgehead atoms. The van der Waals surface area contributed by atoms with Crippen molar-refractivity contribution >= 4 is 17.1 Å². The number of hydrogen-bond donors (Lipinski definition) is 0. The maximum atomic E-state index is 2.61. The third-order valence-electron chi connectivity index (χ3n) is 14.2. The van der Waals surface area contributed by atoms with Crippen molar-refractivity contribution in [3.63, 3.8) is 0 Å². The van der Waals surface area contributed by atoms with Crippen LogP contribution in [0.3, 0.4) is 0 Å². The van der Waals surface area contributed by atoms with Crippen LogP contribution in [0.4, 0.5) is 17.1 Å². The second kappa shape index (κ2) is 13.0. The molecule has 3 aliphatic rings. The van der Waals surface area contributed by atoms with E-state index in [0.717, 1.165) is 5.69 Å². The zero-order valence-corrected chi connectivity index (χ0v) is 36.7.